The third kappa shape index (κ3) is 2.08. The Labute approximate surface area is 84.9 Å². The third-order valence-corrected chi connectivity index (χ3v) is 2.69. The number of hydrogen-bond acceptors (Lipinski definition) is 1. The lowest BCUT2D eigenvalue weighted by atomic mass is 10.0. The highest BCUT2D eigenvalue weighted by Crippen LogP contribution is 2.24. The van der Waals surface area contributed by atoms with E-state index in [0.29, 0.717) is 5.88 Å². The van der Waals surface area contributed by atoms with Gasteiger partial charge in [-0.25, -0.2) is 0 Å². The number of benzene rings is 1. The smallest absolute Gasteiger partial charge is 0.128 e. The van der Waals surface area contributed by atoms with Crippen LogP contribution in [0.3, 0.4) is 0 Å². The van der Waals surface area contributed by atoms with Gasteiger partial charge in [-0.1, -0.05) is 34.1 Å². The van der Waals surface area contributed by atoms with E-state index in [4.69, 9.17) is 11.6 Å². The first-order valence-corrected chi connectivity index (χ1v) is 4.88. The predicted octanol–water partition coefficient (Wildman–Crippen LogP) is 2.97. The number of alkyl halides is 1. The maximum absolute atomic E-state index is 10.6. The topological polar surface area (TPSA) is 17.1 Å². The van der Waals surface area contributed by atoms with Gasteiger partial charge in [0, 0.05) is 10.4 Å². The Balaban J connectivity index is 3.00. The largest absolute Gasteiger partial charge is 0.303 e. The summed E-state index contributed by atoms with van der Waals surface area (Å²) in [6.45, 7) is 0. The predicted molar refractivity (Wildman–Crippen MR) is 53.7 cm³/mol. The lowest BCUT2D eigenvalue weighted by Crippen LogP contribution is -2.02. The van der Waals surface area contributed by atoms with Crippen LogP contribution < -0.4 is 0 Å². The molecule has 1 aromatic rings. The van der Waals surface area contributed by atoms with Crippen LogP contribution >= 0.6 is 27.5 Å². The van der Waals surface area contributed by atoms with Crippen LogP contribution in [0.1, 0.15) is 11.5 Å². The maximum Gasteiger partial charge on any atom is 0.128 e. The van der Waals surface area contributed by atoms with Crippen LogP contribution in [0.25, 0.3) is 0 Å². The van der Waals surface area contributed by atoms with Crippen molar-refractivity contribution >= 4 is 33.8 Å². The summed E-state index contributed by atoms with van der Waals surface area (Å²) in [5.41, 5.74) is 0.947. The SMILES string of the molecule is O=CC(CCl)c1ccccc1Br. The lowest BCUT2D eigenvalue weighted by Gasteiger charge is -2.07. The molecule has 0 aliphatic heterocycles. The Kier molecular flexibility index (Phi) is 3.76. The molecule has 3 heteroatoms. The van der Waals surface area contributed by atoms with Gasteiger partial charge in [0.05, 0.1) is 5.92 Å². The molecule has 1 atom stereocenters. The molecule has 0 bridgehead atoms. The van der Waals surface area contributed by atoms with Gasteiger partial charge < -0.3 is 4.79 Å². The Morgan fingerprint density at radius 1 is 1.50 bits per heavy atom. The fraction of sp³-hybridized carbons (Fsp3) is 0.222. The highest BCUT2D eigenvalue weighted by Gasteiger charge is 2.10. The minimum Gasteiger partial charge on any atom is -0.303 e. The van der Waals surface area contributed by atoms with Crippen molar-refractivity contribution in [2.75, 3.05) is 5.88 Å². The average Bonchev–Trinajstić information content (AvgIpc) is 2.10. The molecule has 0 aromatic heterocycles. The second-order valence-corrected chi connectivity index (χ2v) is 3.58. The number of halogens is 2. The minimum atomic E-state index is -0.206. The van der Waals surface area contributed by atoms with Crippen molar-refractivity contribution in [3.05, 3.63) is 34.3 Å². The number of aldehydes is 1. The molecule has 1 rings (SSSR count). The number of rotatable bonds is 3. The quantitative estimate of drug-likeness (QED) is 0.593. The van der Waals surface area contributed by atoms with Crippen molar-refractivity contribution in [2.45, 2.75) is 5.92 Å². The van der Waals surface area contributed by atoms with E-state index in [0.717, 1.165) is 16.3 Å². The van der Waals surface area contributed by atoms with Crippen molar-refractivity contribution in [3.63, 3.8) is 0 Å². The zero-order valence-corrected chi connectivity index (χ0v) is 8.68. The Hall–Kier alpha value is -0.340. The fourth-order valence-corrected chi connectivity index (χ4v) is 1.79. The van der Waals surface area contributed by atoms with Gasteiger partial charge in [-0.2, -0.15) is 0 Å². The van der Waals surface area contributed by atoms with Gasteiger partial charge in [-0.3, -0.25) is 0 Å². The van der Waals surface area contributed by atoms with E-state index in [9.17, 15) is 4.79 Å². The number of hydrogen-bond donors (Lipinski definition) is 0. The Morgan fingerprint density at radius 3 is 2.67 bits per heavy atom. The van der Waals surface area contributed by atoms with Gasteiger partial charge in [0.2, 0.25) is 0 Å². The molecule has 64 valence electrons. The van der Waals surface area contributed by atoms with Crippen LogP contribution in [0.5, 0.6) is 0 Å². The molecule has 0 fully saturated rings. The molecule has 12 heavy (non-hydrogen) atoms. The summed E-state index contributed by atoms with van der Waals surface area (Å²) in [5, 5.41) is 0. The number of carbonyl (C=O) groups is 1. The van der Waals surface area contributed by atoms with Crippen molar-refractivity contribution < 1.29 is 4.79 Å². The van der Waals surface area contributed by atoms with Crippen molar-refractivity contribution in [2.24, 2.45) is 0 Å². The molecular formula is C9H8BrClO. The second kappa shape index (κ2) is 4.63. The van der Waals surface area contributed by atoms with E-state index in [1.165, 1.54) is 0 Å². The molecule has 1 aromatic carbocycles. The first-order chi connectivity index (χ1) is 5.79. The normalized spacial score (nSPS) is 12.5. The summed E-state index contributed by atoms with van der Waals surface area (Å²) >= 11 is 8.98. The summed E-state index contributed by atoms with van der Waals surface area (Å²) in [6.07, 6.45) is 0.868. The van der Waals surface area contributed by atoms with Crippen LogP contribution in [-0.4, -0.2) is 12.2 Å². The molecular weight excluding hydrogens is 239 g/mol. The summed E-state index contributed by atoms with van der Waals surface area (Å²) in [7, 11) is 0. The maximum atomic E-state index is 10.6. The highest BCUT2D eigenvalue weighted by molar-refractivity contribution is 9.10. The second-order valence-electron chi connectivity index (χ2n) is 2.42. The van der Waals surface area contributed by atoms with E-state index < -0.39 is 0 Å². The van der Waals surface area contributed by atoms with E-state index in [2.05, 4.69) is 15.9 Å². The van der Waals surface area contributed by atoms with E-state index in [1.54, 1.807) is 0 Å². The molecule has 0 radical (unpaired) electrons. The Bertz CT molecular complexity index is 275. The summed E-state index contributed by atoms with van der Waals surface area (Å²) in [4.78, 5) is 10.6. The first kappa shape index (κ1) is 9.75. The zero-order chi connectivity index (χ0) is 8.97. The molecule has 0 heterocycles. The molecule has 0 N–H and O–H groups in total. The first-order valence-electron chi connectivity index (χ1n) is 3.55. The summed E-state index contributed by atoms with van der Waals surface area (Å²) < 4.78 is 0.933. The van der Waals surface area contributed by atoms with E-state index in [-0.39, 0.29) is 5.92 Å². The molecule has 0 saturated heterocycles. The molecule has 0 aliphatic rings. The van der Waals surface area contributed by atoms with E-state index in [1.807, 2.05) is 24.3 Å². The standard InChI is InChI=1S/C9H8BrClO/c10-9-4-2-1-3-8(9)7(5-11)6-12/h1-4,6-7H,5H2. The average molecular weight is 248 g/mol. The van der Waals surface area contributed by atoms with Crippen molar-refractivity contribution in [1.29, 1.82) is 0 Å². The van der Waals surface area contributed by atoms with Gasteiger partial charge in [0.15, 0.2) is 0 Å². The van der Waals surface area contributed by atoms with Gasteiger partial charge in [0.1, 0.15) is 6.29 Å². The fourth-order valence-electron chi connectivity index (χ4n) is 0.969. The van der Waals surface area contributed by atoms with Crippen LogP contribution in [0.2, 0.25) is 0 Å². The van der Waals surface area contributed by atoms with Crippen LogP contribution in [0.15, 0.2) is 28.7 Å². The van der Waals surface area contributed by atoms with Crippen molar-refractivity contribution in [1.82, 2.24) is 0 Å². The van der Waals surface area contributed by atoms with Gasteiger partial charge in [-0.05, 0) is 11.6 Å². The minimum absolute atomic E-state index is 0.206. The van der Waals surface area contributed by atoms with Gasteiger partial charge in [-0.15, -0.1) is 11.6 Å². The van der Waals surface area contributed by atoms with Gasteiger partial charge >= 0.3 is 0 Å². The molecule has 0 aliphatic carbocycles. The van der Waals surface area contributed by atoms with Gasteiger partial charge in [0.25, 0.3) is 0 Å². The molecule has 1 nitrogen and oxygen atoms in total. The molecule has 0 saturated carbocycles. The number of carbonyl (C=O) groups excluding carboxylic acids is 1. The van der Waals surface area contributed by atoms with E-state index >= 15 is 0 Å². The highest BCUT2D eigenvalue weighted by atomic mass is 79.9. The van der Waals surface area contributed by atoms with Crippen LogP contribution in [0.4, 0.5) is 0 Å². The Morgan fingerprint density at radius 2 is 2.17 bits per heavy atom. The van der Waals surface area contributed by atoms with Crippen molar-refractivity contribution in [3.8, 4) is 0 Å². The monoisotopic (exact) mass is 246 g/mol. The third-order valence-electron chi connectivity index (χ3n) is 1.64. The lowest BCUT2D eigenvalue weighted by molar-refractivity contribution is -0.108. The summed E-state index contributed by atoms with van der Waals surface area (Å²) in [6, 6.07) is 7.59. The van der Waals surface area contributed by atoms with Crippen LogP contribution in [-0.2, 0) is 4.79 Å². The molecule has 1 unspecified atom stereocenters. The molecule has 0 spiro atoms. The summed E-state index contributed by atoms with van der Waals surface area (Å²) in [5.74, 6) is 0.119. The molecule has 0 amide bonds. The van der Waals surface area contributed by atoms with Crippen LogP contribution in [0, 0.1) is 0 Å². The zero-order valence-electron chi connectivity index (χ0n) is 6.34.